The van der Waals surface area contributed by atoms with Crippen LogP contribution < -0.4 is 5.32 Å². The van der Waals surface area contributed by atoms with Gasteiger partial charge < -0.3 is 14.9 Å². The third kappa shape index (κ3) is 7.39. The van der Waals surface area contributed by atoms with E-state index in [9.17, 15) is 9.59 Å². The molecule has 0 fully saturated rings. The maximum Gasteiger partial charge on any atom is 0.312 e. The van der Waals surface area contributed by atoms with E-state index in [0.717, 1.165) is 16.7 Å². The normalized spacial score (nSPS) is 12.9. The Kier molecular flexibility index (Phi) is 9.57. The monoisotopic (exact) mass is 589 g/mol. The van der Waals surface area contributed by atoms with Gasteiger partial charge in [0.25, 0.3) is 5.24 Å². The van der Waals surface area contributed by atoms with E-state index in [1.807, 2.05) is 54.6 Å². The minimum atomic E-state index is -0.827. The van der Waals surface area contributed by atoms with E-state index in [2.05, 4.69) is 51.9 Å². The molecule has 0 aliphatic heterocycles. The summed E-state index contributed by atoms with van der Waals surface area (Å²) in [6, 6.07) is 30.3. The highest BCUT2D eigenvalue weighted by atomic mass is 35.5. The Balaban J connectivity index is 1.66. The van der Waals surface area contributed by atoms with Crippen molar-refractivity contribution < 1.29 is 19.2 Å². The number of anilines is 1. The number of oxime groups is 1. The quantitative estimate of drug-likeness (QED) is 0.0665. The molecule has 0 aliphatic rings. The average molecular weight is 590 g/mol. The maximum atomic E-state index is 12.3. The molecule has 0 amide bonds. The standard InChI is InChI=1S/C32H32ClN3O4S/c1-22(29(38)40-31(2,3)4)20-39-36-27(28(33)37)26-21-41-30(34-26)35-32(23-14-8-5-9-15-23,24-16-10-6-11-17-24)25-18-12-7-13-19-25/h5-19,21-22H,20H2,1-4H3,(H,34,35)/b36-27+. The van der Waals surface area contributed by atoms with E-state index >= 15 is 0 Å². The topological polar surface area (TPSA) is 89.9 Å². The van der Waals surface area contributed by atoms with Crippen LogP contribution in [0, 0.1) is 5.92 Å². The van der Waals surface area contributed by atoms with Gasteiger partial charge in [-0.05, 0) is 56.0 Å². The van der Waals surface area contributed by atoms with Gasteiger partial charge in [-0.2, -0.15) is 0 Å². The minimum Gasteiger partial charge on any atom is -0.460 e. The maximum absolute atomic E-state index is 12.3. The van der Waals surface area contributed by atoms with Gasteiger partial charge in [-0.1, -0.05) is 96.2 Å². The number of rotatable bonds is 11. The van der Waals surface area contributed by atoms with Crippen molar-refractivity contribution in [3.05, 3.63) is 119 Å². The summed E-state index contributed by atoms with van der Waals surface area (Å²) in [6.07, 6.45) is 0. The average Bonchev–Trinajstić information content (AvgIpc) is 3.42. The van der Waals surface area contributed by atoms with E-state index in [4.69, 9.17) is 21.2 Å². The van der Waals surface area contributed by atoms with Crippen LogP contribution in [0.4, 0.5) is 5.13 Å². The molecule has 0 saturated carbocycles. The van der Waals surface area contributed by atoms with Crippen LogP contribution in [-0.4, -0.2) is 34.1 Å². The molecule has 41 heavy (non-hydrogen) atoms. The number of ether oxygens (including phenoxy) is 1. The molecule has 0 aliphatic carbocycles. The van der Waals surface area contributed by atoms with Crippen LogP contribution in [-0.2, 0) is 24.7 Å². The second-order valence-electron chi connectivity index (χ2n) is 10.5. The van der Waals surface area contributed by atoms with Crippen molar-refractivity contribution in [2.24, 2.45) is 11.1 Å². The summed E-state index contributed by atoms with van der Waals surface area (Å²) >= 11 is 7.19. The Hall–Kier alpha value is -4.01. The lowest BCUT2D eigenvalue weighted by molar-refractivity contribution is -0.161. The lowest BCUT2D eigenvalue weighted by Crippen LogP contribution is -2.38. The molecule has 212 valence electrons. The molecule has 7 nitrogen and oxygen atoms in total. The Morgan fingerprint density at radius 2 is 1.39 bits per heavy atom. The van der Waals surface area contributed by atoms with E-state index in [1.54, 1.807) is 33.1 Å². The van der Waals surface area contributed by atoms with Crippen LogP contribution >= 0.6 is 22.9 Å². The zero-order chi connectivity index (χ0) is 29.5. The van der Waals surface area contributed by atoms with Crippen molar-refractivity contribution in [2.45, 2.75) is 38.8 Å². The summed E-state index contributed by atoms with van der Waals surface area (Å²) in [5, 5.41) is 9.01. The molecule has 0 spiro atoms. The number of nitrogens with one attached hydrogen (secondary N) is 1. The van der Waals surface area contributed by atoms with Crippen LogP contribution in [0.1, 0.15) is 50.1 Å². The largest absolute Gasteiger partial charge is 0.460 e. The summed E-state index contributed by atoms with van der Waals surface area (Å²) in [6.45, 7) is 6.94. The summed E-state index contributed by atoms with van der Waals surface area (Å²) in [5.74, 6) is -1.02. The molecule has 0 radical (unpaired) electrons. The highest BCUT2D eigenvalue weighted by molar-refractivity contribution is 7.14. The molecule has 1 atom stereocenters. The van der Waals surface area contributed by atoms with Gasteiger partial charge in [0.05, 0.1) is 5.92 Å². The van der Waals surface area contributed by atoms with Gasteiger partial charge in [0.15, 0.2) is 10.8 Å². The molecular weight excluding hydrogens is 558 g/mol. The van der Waals surface area contributed by atoms with E-state index in [0.29, 0.717) is 5.13 Å². The molecule has 0 saturated heterocycles. The summed E-state index contributed by atoms with van der Waals surface area (Å²) in [7, 11) is 0. The fourth-order valence-corrected chi connectivity index (χ4v) is 5.13. The second kappa shape index (κ2) is 13.1. The van der Waals surface area contributed by atoms with Crippen molar-refractivity contribution in [1.82, 2.24) is 4.98 Å². The second-order valence-corrected chi connectivity index (χ2v) is 11.7. The van der Waals surface area contributed by atoms with E-state index in [-0.39, 0.29) is 18.0 Å². The number of hydrogen-bond acceptors (Lipinski definition) is 8. The van der Waals surface area contributed by atoms with Crippen LogP contribution in [0.3, 0.4) is 0 Å². The molecule has 4 rings (SSSR count). The number of halogens is 1. The van der Waals surface area contributed by atoms with Gasteiger partial charge in [-0.3, -0.25) is 9.59 Å². The SMILES string of the molecule is CC(CO/N=C(/C(=O)Cl)c1csc(NC(c2ccccc2)(c2ccccc2)c2ccccc2)n1)C(=O)OC(C)(C)C. The highest BCUT2D eigenvalue weighted by Crippen LogP contribution is 2.40. The van der Waals surface area contributed by atoms with Crippen molar-refractivity contribution >= 4 is 45.0 Å². The van der Waals surface area contributed by atoms with Gasteiger partial charge in [0, 0.05) is 5.38 Å². The molecule has 1 aromatic heterocycles. The van der Waals surface area contributed by atoms with Crippen molar-refractivity contribution in [3.63, 3.8) is 0 Å². The van der Waals surface area contributed by atoms with Crippen molar-refractivity contribution in [3.8, 4) is 0 Å². The first-order chi connectivity index (χ1) is 19.6. The minimum absolute atomic E-state index is 0.0864. The van der Waals surface area contributed by atoms with Gasteiger partial charge >= 0.3 is 5.97 Å². The fraction of sp³-hybridized carbons (Fsp3) is 0.250. The third-order valence-corrected chi connectivity index (χ3v) is 7.07. The molecule has 1 N–H and O–H groups in total. The number of nitrogens with zero attached hydrogens (tertiary/aromatic N) is 2. The zero-order valence-electron chi connectivity index (χ0n) is 23.3. The van der Waals surface area contributed by atoms with Crippen LogP contribution in [0.25, 0.3) is 0 Å². The smallest absolute Gasteiger partial charge is 0.312 e. The Bertz CT molecular complexity index is 1390. The Morgan fingerprint density at radius 3 is 1.83 bits per heavy atom. The predicted molar refractivity (Wildman–Crippen MR) is 163 cm³/mol. The van der Waals surface area contributed by atoms with E-state index < -0.39 is 28.3 Å². The highest BCUT2D eigenvalue weighted by Gasteiger charge is 2.37. The number of carbonyl (C=O) groups is 2. The third-order valence-electron chi connectivity index (χ3n) is 6.14. The number of aromatic nitrogens is 1. The first-order valence-corrected chi connectivity index (χ1v) is 14.4. The predicted octanol–water partition coefficient (Wildman–Crippen LogP) is 7.01. The summed E-state index contributed by atoms with van der Waals surface area (Å²) < 4.78 is 5.37. The lowest BCUT2D eigenvalue weighted by atomic mass is 9.77. The molecule has 4 aromatic rings. The fourth-order valence-electron chi connectivity index (χ4n) is 4.25. The lowest BCUT2D eigenvalue weighted by Gasteiger charge is -2.36. The van der Waals surface area contributed by atoms with Gasteiger partial charge in [0.2, 0.25) is 0 Å². The summed E-state index contributed by atoms with van der Waals surface area (Å²) in [4.78, 5) is 34.6. The number of benzene rings is 3. The molecule has 0 bridgehead atoms. The molecular formula is C32H32ClN3O4S. The molecule has 1 heterocycles. The molecule has 1 unspecified atom stereocenters. The number of hydrogen-bond donors (Lipinski definition) is 1. The first-order valence-electron chi connectivity index (χ1n) is 13.1. The molecule has 9 heteroatoms. The number of esters is 1. The number of thiazole rings is 1. The van der Waals surface area contributed by atoms with Crippen LogP contribution in [0.2, 0.25) is 0 Å². The van der Waals surface area contributed by atoms with E-state index in [1.165, 1.54) is 11.3 Å². The summed E-state index contributed by atoms with van der Waals surface area (Å²) in [5.41, 5.74) is 1.72. The molecule has 3 aromatic carbocycles. The Morgan fingerprint density at radius 1 is 0.902 bits per heavy atom. The van der Waals surface area contributed by atoms with Crippen LogP contribution in [0.15, 0.2) is 102 Å². The van der Waals surface area contributed by atoms with Gasteiger partial charge in [-0.25, -0.2) is 4.98 Å². The van der Waals surface area contributed by atoms with Crippen molar-refractivity contribution in [1.29, 1.82) is 0 Å². The van der Waals surface area contributed by atoms with Gasteiger partial charge in [-0.15, -0.1) is 11.3 Å². The van der Waals surface area contributed by atoms with Crippen LogP contribution in [0.5, 0.6) is 0 Å². The number of carbonyl (C=O) groups excluding carboxylic acids is 2. The first kappa shape index (κ1) is 30.0. The van der Waals surface area contributed by atoms with Crippen molar-refractivity contribution in [2.75, 3.05) is 11.9 Å². The van der Waals surface area contributed by atoms with Gasteiger partial charge in [0.1, 0.15) is 23.4 Å². The zero-order valence-corrected chi connectivity index (χ0v) is 24.9. The Labute approximate surface area is 249 Å².